The lowest BCUT2D eigenvalue weighted by Gasteiger charge is -2.25. The first kappa shape index (κ1) is 17.9. The van der Waals surface area contributed by atoms with Crippen molar-refractivity contribution in [2.24, 2.45) is 0 Å². The Hall–Kier alpha value is -2.46. The van der Waals surface area contributed by atoms with Crippen molar-refractivity contribution < 1.29 is 14.3 Å². The van der Waals surface area contributed by atoms with Crippen LogP contribution in [-0.2, 0) is 4.79 Å². The van der Waals surface area contributed by atoms with Crippen LogP contribution >= 0.6 is 11.6 Å². The molecule has 0 unspecified atom stereocenters. The maximum absolute atomic E-state index is 12.5. The predicted molar refractivity (Wildman–Crippen MR) is 96.9 cm³/mol. The van der Waals surface area contributed by atoms with Gasteiger partial charge in [0.15, 0.2) is 5.60 Å². The van der Waals surface area contributed by atoms with Crippen LogP contribution in [-0.4, -0.2) is 18.1 Å². The summed E-state index contributed by atoms with van der Waals surface area (Å²) in [6.07, 6.45) is 1.67. The normalized spacial score (nSPS) is 10.8. The quantitative estimate of drug-likeness (QED) is 0.740. The summed E-state index contributed by atoms with van der Waals surface area (Å²) >= 11 is 5.85. The zero-order chi connectivity index (χ0) is 17.6. The average Bonchev–Trinajstić information content (AvgIpc) is 2.56. The monoisotopic (exact) mass is 345 g/mol. The Labute approximate surface area is 147 Å². The Morgan fingerprint density at radius 2 is 1.71 bits per heavy atom. The molecule has 1 amide bonds. The lowest BCUT2D eigenvalue weighted by atomic mass is 10.1. The largest absolute Gasteiger partial charge is 0.490 e. The van der Waals surface area contributed by atoms with Crippen LogP contribution in [0.5, 0.6) is 11.5 Å². The average molecular weight is 346 g/mol. The van der Waals surface area contributed by atoms with E-state index in [0.29, 0.717) is 28.8 Å². The fraction of sp³-hybridized carbons (Fsp3) is 0.211. The second kappa shape index (κ2) is 7.88. The minimum atomic E-state index is -1.04. The SMILES string of the molecule is C=CCOc1ccc(NC(=O)C(C)(C)Oc2ccc(Cl)cc2)cc1. The van der Waals surface area contributed by atoms with Crippen molar-refractivity contribution >= 4 is 23.2 Å². The van der Waals surface area contributed by atoms with Gasteiger partial charge >= 0.3 is 0 Å². The molecule has 4 nitrogen and oxygen atoms in total. The fourth-order valence-electron chi connectivity index (χ4n) is 1.91. The Kier molecular flexibility index (Phi) is 5.88. The van der Waals surface area contributed by atoms with Gasteiger partial charge in [-0.1, -0.05) is 24.3 Å². The standard InChI is InChI=1S/C19H20ClNO3/c1-4-13-23-16-11-7-15(8-12-16)21-18(22)19(2,3)24-17-9-5-14(20)6-10-17/h4-12H,1,13H2,2-3H3,(H,21,22). The van der Waals surface area contributed by atoms with Gasteiger partial charge in [-0.3, -0.25) is 4.79 Å². The minimum absolute atomic E-state index is 0.253. The topological polar surface area (TPSA) is 47.6 Å². The summed E-state index contributed by atoms with van der Waals surface area (Å²) < 4.78 is 11.2. The number of carbonyl (C=O) groups is 1. The number of hydrogen-bond donors (Lipinski definition) is 1. The molecule has 0 bridgehead atoms. The molecule has 2 rings (SSSR count). The molecule has 0 heterocycles. The van der Waals surface area contributed by atoms with E-state index in [9.17, 15) is 4.79 Å². The third-order valence-corrected chi connectivity index (χ3v) is 3.47. The number of nitrogens with one attached hydrogen (secondary N) is 1. The van der Waals surface area contributed by atoms with Gasteiger partial charge in [-0.2, -0.15) is 0 Å². The van der Waals surface area contributed by atoms with Gasteiger partial charge in [0.25, 0.3) is 5.91 Å². The molecule has 24 heavy (non-hydrogen) atoms. The smallest absolute Gasteiger partial charge is 0.267 e. The van der Waals surface area contributed by atoms with Crippen molar-refractivity contribution in [1.29, 1.82) is 0 Å². The molecule has 0 fully saturated rings. The van der Waals surface area contributed by atoms with Crippen LogP contribution in [0.25, 0.3) is 0 Å². The second-order valence-electron chi connectivity index (χ2n) is 5.64. The van der Waals surface area contributed by atoms with E-state index < -0.39 is 5.60 Å². The molecule has 0 radical (unpaired) electrons. The van der Waals surface area contributed by atoms with E-state index in [2.05, 4.69) is 11.9 Å². The van der Waals surface area contributed by atoms with Crippen LogP contribution in [0.15, 0.2) is 61.2 Å². The zero-order valence-electron chi connectivity index (χ0n) is 13.7. The molecule has 0 aliphatic carbocycles. The van der Waals surface area contributed by atoms with E-state index >= 15 is 0 Å². The van der Waals surface area contributed by atoms with Crippen molar-refractivity contribution in [3.63, 3.8) is 0 Å². The third kappa shape index (κ3) is 5.03. The zero-order valence-corrected chi connectivity index (χ0v) is 14.5. The molecular weight excluding hydrogens is 326 g/mol. The molecule has 2 aromatic rings. The maximum atomic E-state index is 12.5. The second-order valence-corrected chi connectivity index (χ2v) is 6.08. The van der Waals surface area contributed by atoms with Gasteiger partial charge in [0.1, 0.15) is 18.1 Å². The van der Waals surface area contributed by atoms with Gasteiger partial charge in [0, 0.05) is 10.7 Å². The van der Waals surface area contributed by atoms with Crippen LogP contribution in [0.3, 0.4) is 0 Å². The fourth-order valence-corrected chi connectivity index (χ4v) is 2.04. The molecule has 0 spiro atoms. The lowest BCUT2D eigenvalue weighted by molar-refractivity contribution is -0.128. The number of amides is 1. The van der Waals surface area contributed by atoms with Crippen LogP contribution in [0, 0.1) is 0 Å². The summed E-state index contributed by atoms with van der Waals surface area (Å²) in [6, 6.07) is 14.0. The van der Waals surface area contributed by atoms with E-state index in [0.717, 1.165) is 0 Å². The lowest BCUT2D eigenvalue weighted by Crippen LogP contribution is -2.42. The predicted octanol–water partition coefficient (Wildman–Crippen LogP) is 4.70. The van der Waals surface area contributed by atoms with Gasteiger partial charge in [-0.25, -0.2) is 0 Å². The molecule has 0 atom stereocenters. The molecule has 0 aliphatic rings. The first-order chi connectivity index (χ1) is 11.4. The van der Waals surface area contributed by atoms with Crippen LogP contribution in [0.1, 0.15) is 13.8 Å². The first-order valence-electron chi connectivity index (χ1n) is 7.50. The molecule has 0 saturated carbocycles. The van der Waals surface area contributed by atoms with E-state index in [-0.39, 0.29) is 5.91 Å². The van der Waals surface area contributed by atoms with Crippen LogP contribution in [0.2, 0.25) is 5.02 Å². The van der Waals surface area contributed by atoms with Gasteiger partial charge in [-0.05, 0) is 62.4 Å². The maximum Gasteiger partial charge on any atom is 0.267 e. The van der Waals surface area contributed by atoms with E-state index in [1.165, 1.54) is 0 Å². The summed E-state index contributed by atoms with van der Waals surface area (Å²) in [4.78, 5) is 12.5. The van der Waals surface area contributed by atoms with Crippen molar-refractivity contribution in [2.75, 3.05) is 11.9 Å². The first-order valence-corrected chi connectivity index (χ1v) is 7.88. The van der Waals surface area contributed by atoms with Crippen molar-refractivity contribution in [2.45, 2.75) is 19.4 Å². The summed E-state index contributed by atoms with van der Waals surface area (Å²) in [5.41, 5.74) is -0.370. The highest BCUT2D eigenvalue weighted by molar-refractivity contribution is 6.30. The number of halogens is 1. The van der Waals surface area contributed by atoms with E-state index in [4.69, 9.17) is 21.1 Å². The Balaban J connectivity index is 1.99. The summed E-state index contributed by atoms with van der Waals surface area (Å²) in [5, 5.41) is 3.45. The number of hydrogen-bond acceptors (Lipinski definition) is 3. The minimum Gasteiger partial charge on any atom is -0.490 e. The number of rotatable bonds is 7. The molecule has 0 aromatic heterocycles. The van der Waals surface area contributed by atoms with E-state index in [1.54, 1.807) is 68.5 Å². The third-order valence-electron chi connectivity index (χ3n) is 3.21. The van der Waals surface area contributed by atoms with E-state index in [1.807, 2.05) is 0 Å². The molecule has 2 aromatic carbocycles. The van der Waals surface area contributed by atoms with Gasteiger partial charge in [-0.15, -0.1) is 0 Å². The Morgan fingerprint density at radius 3 is 2.29 bits per heavy atom. The number of ether oxygens (including phenoxy) is 2. The number of benzene rings is 2. The van der Waals surface area contributed by atoms with Gasteiger partial charge in [0.05, 0.1) is 0 Å². The summed E-state index contributed by atoms with van der Waals surface area (Å²) in [6.45, 7) is 7.45. The number of anilines is 1. The molecule has 1 N–H and O–H groups in total. The Bertz CT molecular complexity index is 694. The molecule has 126 valence electrons. The summed E-state index contributed by atoms with van der Waals surface area (Å²) in [5.74, 6) is 1.04. The highest BCUT2D eigenvalue weighted by Crippen LogP contribution is 2.23. The highest BCUT2D eigenvalue weighted by atomic mass is 35.5. The Morgan fingerprint density at radius 1 is 1.12 bits per heavy atom. The molecular formula is C19H20ClNO3. The van der Waals surface area contributed by atoms with Crippen LogP contribution < -0.4 is 14.8 Å². The summed E-state index contributed by atoms with van der Waals surface area (Å²) in [7, 11) is 0. The molecule has 5 heteroatoms. The van der Waals surface area contributed by atoms with Crippen LogP contribution in [0.4, 0.5) is 5.69 Å². The van der Waals surface area contributed by atoms with Crippen molar-refractivity contribution in [3.05, 3.63) is 66.2 Å². The van der Waals surface area contributed by atoms with Crippen molar-refractivity contribution in [3.8, 4) is 11.5 Å². The highest BCUT2D eigenvalue weighted by Gasteiger charge is 2.30. The van der Waals surface area contributed by atoms with Gasteiger partial charge in [0.2, 0.25) is 0 Å². The van der Waals surface area contributed by atoms with Crippen molar-refractivity contribution in [1.82, 2.24) is 0 Å². The molecule has 0 saturated heterocycles. The number of carbonyl (C=O) groups excluding carboxylic acids is 1. The molecule has 0 aliphatic heterocycles. The van der Waals surface area contributed by atoms with Gasteiger partial charge < -0.3 is 14.8 Å².